The van der Waals surface area contributed by atoms with Crippen LogP contribution in [-0.4, -0.2) is 36.1 Å². The largest absolute Gasteiger partial charge is 0.339 e. The number of carbonyl (C=O) groups is 1. The standard InChI is InChI=1S/C23H25ClFN3O/c24-16-13-19-18(20(25)14-16)7-4-8-21(19)27-11-9-23(10-12-27)22(29)26-15-28(23)17-5-2-1-3-6-17/h1-3,5-6,13-14,21H,4,7-12,15H2,(H,26,29). The first-order valence-corrected chi connectivity index (χ1v) is 10.8. The first-order valence-electron chi connectivity index (χ1n) is 10.4. The number of anilines is 1. The van der Waals surface area contributed by atoms with Crippen molar-refractivity contribution in [3.8, 4) is 0 Å². The minimum atomic E-state index is -0.491. The van der Waals surface area contributed by atoms with Gasteiger partial charge in [0.05, 0.1) is 6.67 Å². The van der Waals surface area contributed by atoms with Crippen molar-refractivity contribution in [2.24, 2.45) is 0 Å². The van der Waals surface area contributed by atoms with Gasteiger partial charge in [-0.05, 0) is 67.5 Å². The Kier molecular flexibility index (Phi) is 4.75. The minimum Gasteiger partial charge on any atom is -0.339 e. The number of carbonyl (C=O) groups excluding carboxylic acids is 1. The second kappa shape index (κ2) is 7.29. The fourth-order valence-electron chi connectivity index (χ4n) is 5.43. The van der Waals surface area contributed by atoms with E-state index in [4.69, 9.17) is 11.6 Å². The molecule has 0 radical (unpaired) electrons. The second-order valence-corrected chi connectivity index (χ2v) is 8.80. The van der Waals surface area contributed by atoms with E-state index in [9.17, 15) is 9.18 Å². The van der Waals surface area contributed by atoms with Crippen LogP contribution in [0.15, 0.2) is 42.5 Å². The van der Waals surface area contributed by atoms with E-state index in [1.165, 1.54) is 6.07 Å². The quantitative estimate of drug-likeness (QED) is 0.798. The molecule has 29 heavy (non-hydrogen) atoms. The molecule has 5 rings (SSSR count). The van der Waals surface area contributed by atoms with E-state index < -0.39 is 5.54 Å². The Labute approximate surface area is 175 Å². The molecule has 2 aromatic rings. The Bertz CT molecular complexity index is 927. The van der Waals surface area contributed by atoms with Gasteiger partial charge in [-0.1, -0.05) is 29.8 Å². The molecule has 2 fully saturated rings. The summed E-state index contributed by atoms with van der Waals surface area (Å²) in [6.45, 7) is 2.18. The van der Waals surface area contributed by atoms with E-state index in [2.05, 4.69) is 27.2 Å². The van der Waals surface area contributed by atoms with Crippen molar-refractivity contribution >= 4 is 23.2 Å². The monoisotopic (exact) mass is 413 g/mol. The van der Waals surface area contributed by atoms with Crippen LogP contribution in [-0.2, 0) is 11.2 Å². The van der Waals surface area contributed by atoms with Gasteiger partial charge in [0.15, 0.2) is 0 Å². The van der Waals surface area contributed by atoms with Crippen LogP contribution in [0.25, 0.3) is 0 Å². The van der Waals surface area contributed by atoms with Gasteiger partial charge in [0.1, 0.15) is 11.4 Å². The molecule has 0 saturated carbocycles. The van der Waals surface area contributed by atoms with E-state index in [-0.39, 0.29) is 17.8 Å². The molecule has 2 aliphatic heterocycles. The van der Waals surface area contributed by atoms with Crippen molar-refractivity contribution in [2.75, 3.05) is 24.7 Å². The number of amides is 1. The van der Waals surface area contributed by atoms with Gasteiger partial charge in [-0.15, -0.1) is 0 Å². The fourth-order valence-corrected chi connectivity index (χ4v) is 5.64. The average molecular weight is 414 g/mol. The van der Waals surface area contributed by atoms with Crippen LogP contribution in [0, 0.1) is 5.82 Å². The maximum atomic E-state index is 14.4. The Hall–Kier alpha value is -2.11. The van der Waals surface area contributed by atoms with Gasteiger partial charge in [-0.2, -0.15) is 0 Å². The fraction of sp³-hybridized carbons (Fsp3) is 0.435. The number of piperidine rings is 1. The van der Waals surface area contributed by atoms with Crippen LogP contribution in [0.2, 0.25) is 5.02 Å². The van der Waals surface area contributed by atoms with Crippen molar-refractivity contribution < 1.29 is 9.18 Å². The minimum absolute atomic E-state index is 0.124. The van der Waals surface area contributed by atoms with Gasteiger partial charge < -0.3 is 10.2 Å². The number of nitrogens with zero attached hydrogens (tertiary/aromatic N) is 2. The molecule has 152 valence electrons. The van der Waals surface area contributed by atoms with Gasteiger partial charge in [0.25, 0.3) is 0 Å². The molecule has 0 bridgehead atoms. The van der Waals surface area contributed by atoms with Gasteiger partial charge in [-0.3, -0.25) is 9.69 Å². The van der Waals surface area contributed by atoms with Crippen molar-refractivity contribution in [2.45, 2.75) is 43.7 Å². The Morgan fingerprint density at radius 3 is 2.66 bits per heavy atom. The first kappa shape index (κ1) is 18.9. The van der Waals surface area contributed by atoms with Crippen LogP contribution in [0.3, 0.4) is 0 Å². The summed E-state index contributed by atoms with van der Waals surface area (Å²) in [6.07, 6.45) is 4.30. The molecule has 1 spiro atoms. The van der Waals surface area contributed by atoms with Gasteiger partial charge in [-0.25, -0.2) is 4.39 Å². The molecule has 2 saturated heterocycles. The van der Waals surface area contributed by atoms with E-state index in [1.54, 1.807) is 0 Å². The molecule has 4 nitrogen and oxygen atoms in total. The zero-order chi connectivity index (χ0) is 20.0. The van der Waals surface area contributed by atoms with Crippen LogP contribution >= 0.6 is 11.6 Å². The predicted molar refractivity (Wildman–Crippen MR) is 113 cm³/mol. The van der Waals surface area contributed by atoms with Crippen molar-refractivity contribution in [1.29, 1.82) is 0 Å². The number of hydrogen-bond acceptors (Lipinski definition) is 3. The summed E-state index contributed by atoms with van der Waals surface area (Å²) in [5.41, 5.74) is 2.44. The molecule has 1 aliphatic carbocycles. The molecule has 0 aromatic heterocycles. The normalized spacial score (nSPS) is 23.9. The van der Waals surface area contributed by atoms with Gasteiger partial charge in [0, 0.05) is 29.8 Å². The van der Waals surface area contributed by atoms with Gasteiger partial charge in [0.2, 0.25) is 5.91 Å². The van der Waals surface area contributed by atoms with Crippen LogP contribution < -0.4 is 10.2 Å². The summed E-state index contributed by atoms with van der Waals surface area (Å²) in [5.74, 6) is -0.0600. The maximum Gasteiger partial charge on any atom is 0.247 e. The molecule has 2 heterocycles. The summed E-state index contributed by atoms with van der Waals surface area (Å²) in [5, 5.41) is 3.52. The van der Waals surface area contributed by atoms with Crippen molar-refractivity contribution in [1.82, 2.24) is 10.2 Å². The third-order valence-corrected chi connectivity index (χ3v) is 7.15. The number of benzene rings is 2. The van der Waals surface area contributed by atoms with E-state index in [0.29, 0.717) is 11.7 Å². The highest BCUT2D eigenvalue weighted by Gasteiger charge is 2.51. The maximum absolute atomic E-state index is 14.4. The molecular formula is C23H25ClFN3O. The molecule has 1 N–H and O–H groups in total. The molecule has 3 aliphatic rings. The zero-order valence-corrected chi connectivity index (χ0v) is 17.1. The molecule has 1 unspecified atom stereocenters. The third-order valence-electron chi connectivity index (χ3n) is 6.93. The van der Waals surface area contributed by atoms with Gasteiger partial charge >= 0.3 is 0 Å². The number of hydrogen-bond donors (Lipinski definition) is 1. The number of para-hydroxylation sites is 1. The molecule has 1 amide bonds. The lowest BCUT2D eigenvalue weighted by Gasteiger charge is -2.46. The lowest BCUT2D eigenvalue weighted by atomic mass is 9.81. The second-order valence-electron chi connectivity index (χ2n) is 8.36. The summed E-state index contributed by atoms with van der Waals surface area (Å²) < 4.78 is 14.4. The number of likely N-dealkylation sites (tertiary alicyclic amines) is 1. The molecule has 1 atom stereocenters. The number of fused-ring (bicyclic) bond motifs is 1. The lowest BCUT2D eigenvalue weighted by molar-refractivity contribution is -0.125. The van der Waals surface area contributed by atoms with E-state index in [0.717, 1.165) is 62.0 Å². The zero-order valence-electron chi connectivity index (χ0n) is 16.3. The first-order chi connectivity index (χ1) is 14.1. The number of rotatable bonds is 2. The molecular weight excluding hydrogens is 389 g/mol. The topological polar surface area (TPSA) is 35.6 Å². The highest BCUT2D eigenvalue weighted by molar-refractivity contribution is 6.30. The molecule has 6 heteroatoms. The third kappa shape index (κ3) is 3.11. The summed E-state index contributed by atoms with van der Waals surface area (Å²) in [6, 6.07) is 13.7. The SMILES string of the molecule is O=C1NCN(c2ccccc2)C12CCN(C1CCCc3c(F)cc(Cl)cc31)CC2. The van der Waals surface area contributed by atoms with Crippen LogP contribution in [0.1, 0.15) is 42.9 Å². The van der Waals surface area contributed by atoms with Crippen molar-refractivity contribution in [3.05, 3.63) is 64.4 Å². The van der Waals surface area contributed by atoms with Crippen LogP contribution in [0.5, 0.6) is 0 Å². The average Bonchev–Trinajstić information content (AvgIpc) is 3.05. The lowest BCUT2D eigenvalue weighted by Crippen LogP contribution is -2.57. The Morgan fingerprint density at radius 2 is 1.90 bits per heavy atom. The van der Waals surface area contributed by atoms with Crippen molar-refractivity contribution in [3.63, 3.8) is 0 Å². The highest BCUT2D eigenvalue weighted by Crippen LogP contribution is 2.42. The smallest absolute Gasteiger partial charge is 0.247 e. The summed E-state index contributed by atoms with van der Waals surface area (Å²) >= 11 is 6.17. The van der Waals surface area contributed by atoms with E-state index in [1.807, 2.05) is 24.3 Å². The van der Waals surface area contributed by atoms with Crippen LogP contribution in [0.4, 0.5) is 10.1 Å². The predicted octanol–water partition coefficient (Wildman–Crippen LogP) is 4.29. The number of halogens is 2. The van der Waals surface area contributed by atoms with E-state index >= 15 is 0 Å². The Balaban J connectivity index is 1.39. The molecule has 2 aromatic carbocycles. The number of nitrogens with one attached hydrogen (secondary N) is 1. The summed E-state index contributed by atoms with van der Waals surface area (Å²) in [4.78, 5) is 17.5. The highest BCUT2D eigenvalue weighted by atomic mass is 35.5. The Morgan fingerprint density at radius 1 is 1.14 bits per heavy atom. The summed E-state index contributed by atoms with van der Waals surface area (Å²) in [7, 11) is 0.